The maximum atomic E-state index is 6.13. The molecular weight excluding hydrogens is 158 g/mol. The number of hydrogen-bond acceptors (Lipinski definition) is 1. The zero-order valence-electron chi connectivity index (χ0n) is 7.74. The first-order valence-electron chi connectivity index (χ1n) is 4.87. The van der Waals surface area contributed by atoms with Gasteiger partial charge in [-0.25, -0.2) is 0 Å². The lowest BCUT2D eigenvalue weighted by Gasteiger charge is -2.12. The van der Waals surface area contributed by atoms with Crippen LogP contribution in [0.1, 0.15) is 30.9 Å². The summed E-state index contributed by atoms with van der Waals surface area (Å²) in [6, 6.07) is 10.5. The lowest BCUT2D eigenvalue weighted by atomic mass is 9.99. The topological polar surface area (TPSA) is 26.0 Å². The summed E-state index contributed by atoms with van der Waals surface area (Å²) in [5.74, 6) is 0. The van der Waals surface area contributed by atoms with Crippen LogP contribution >= 0.6 is 0 Å². The molecule has 1 atom stereocenters. The molecule has 1 aliphatic carbocycles. The maximum Gasteiger partial charge on any atom is 0.0510 e. The molecule has 0 radical (unpaired) electrons. The summed E-state index contributed by atoms with van der Waals surface area (Å²) in [6.45, 7) is 0. The highest BCUT2D eigenvalue weighted by Gasteiger charge is 2.13. The molecule has 1 nitrogen and oxygen atoms in total. The van der Waals surface area contributed by atoms with E-state index in [4.69, 9.17) is 5.73 Å². The van der Waals surface area contributed by atoms with Crippen molar-refractivity contribution in [2.45, 2.75) is 25.3 Å². The minimum atomic E-state index is 0.128. The highest BCUT2D eigenvalue weighted by atomic mass is 14.6. The zero-order chi connectivity index (χ0) is 9.10. The van der Waals surface area contributed by atoms with Gasteiger partial charge in [-0.15, -0.1) is 0 Å². The van der Waals surface area contributed by atoms with Gasteiger partial charge in [0.1, 0.15) is 0 Å². The molecule has 0 spiro atoms. The molecule has 1 heteroatoms. The summed E-state index contributed by atoms with van der Waals surface area (Å²) in [7, 11) is 0. The summed E-state index contributed by atoms with van der Waals surface area (Å²) in [4.78, 5) is 0. The van der Waals surface area contributed by atoms with Crippen molar-refractivity contribution in [2.24, 2.45) is 5.73 Å². The van der Waals surface area contributed by atoms with Crippen LogP contribution in [0.3, 0.4) is 0 Å². The number of rotatable bonds is 2. The van der Waals surface area contributed by atoms with Crippen LogP contribution in [0.5, 0.6) is 0 Å². The van der Waals surface area contributed by atoms with E-state index in [1.165, 1.54) is 30.4 Å². The normalized spacial score (nSPS) is 18.4. The van der Waals surface area contributed by atoms with Crippen molar-refractivity contribution in [3.05, 3.63) is 47.5 Å². The van der Waals surface area contributed by atoms with E-state index in [-0.39, 0.29) is 6.04 Å². The molecule has 0 bridgehead atoms. The van der Waals surface area contributed by atoms with Gasteiger partial charge in [0.25, 0.3) is 0 Å². The second kappa shape index (κ2) is 3.75. The number of benzene rings is 1. The van der Waals surface area contributed by atoms with Crippen LogP contribution in [0.25, 0.3) is 0 Å². The van der Waals surface area contributed by atoms with Gasteiger partial charge in [0.15, 0.2) is 0 Å². The number of allylic oxidation sites excluding steroid dienone is 1. The summed E-state index contributed by atoms with van der Waals surface area (Å²) in [5.41, 5.74) is 8.77. The van der Waals surface area contributed by atoms with Crippen molar-refractivity contribution >= 4 is 0 Å². The van der Waals surface area contributed by atoms with Crippen LogP contribution in [-0.2, 0) is 0 Å². The van der Waals surface area contributed by atoms with Crippen LogP contribution in [0.15, 0.2) is 42.0 Å². The number of hydrogen-bond donors (Lipinski definition) is 1. The van der Waals surface area contributed by atoms with E-state index >= 15 is 0 Å². The van der Waals surface area contributed by atoms with E-state index < -0.39 is 0 Å². The summed E-state index contributed by atoms with van der Waals surface area (Å²) in [5, 5.41) is 0. The van der Waals surface area contributed by atoms with E-state index in [1.807, 2.05) is 18.2 Å². The fourth-order valence-corrected chi connectivity index (χ4v) is 1.85. The van der Waals surface area contributed by atoms with E-state index in [0.717, 1.165) is 0 Å². The summed E-state index contributed by atoms with van der Waals surface area (Å²) >= 11 is 0. The van der Waals surface area contributed by atoms with Crippen LogP contribution in [0.4, 0.5) is 0 Å². The molecule has 13 heavy (non-hydrogen) atoms. The van der Waals surface area contributed by atoms with Gasteiger partial charge in [0.05, 0.1) is 6.04 Å². The molecule has 0 heterocycles. The van der Waals surface area contributed by atoms with Crippen LogP contribution in [0, 0.1) is 0 Å². The van der Waals surface area contributed by atoms with Gasteiger partial charge in [0.2, 0.25) is 0 Å². The molecule has 68 valence electrons. The molecule has 0 amide bonds. The van der Waals surface area contributed by atoms with Crippen molar-refractivity contribution < 1.29 is 0 Å². The highest BCUT2D eigenvalue weighted by Crippen LogP contribution is 2.28. The Kier molecular flexibility index (Phi) is 2.46. The molecule has 1 aliphatic rings. The van der Waals surface area contributed by atoms with Crippen LogP contribution in [0.2, 0.25) is 0 Å². The molecule has 2 rings (SSSR count). The third-order valence-corrected chi connectivity index (χ3v) is 2.63. The van der Waals surface area contributed by atoms with E-state index in [9.17, 15) is 0 Å². The van der Waals surface area contributed by atoms with Crippen molar-refractivity contribution in [3.63, 3.8) is 0 Å². The molecule has 2 N–H and O–H groups in total. The Morgan fingerprint density at radius 3 is 2.54 bits per heavy atom. The Morgan fingerprint density at radius 2 is 1.92 bits per heavy atom. The molecule has 1 aromatic carbocycles. The summed E-state index contributed by atoms with van der Waals surface area (Å²) in [6.07, 6.45) is 5.94. The Balaban J connectivity index is 2.17. The SMILES string of the molecule is NC(C1=CCCC1)c1ccccc1. The standard InChI is InChI=1S/C12H15N/c13-12(11-8-4-5-9-11)10-6-2-1-3-7-10/h1-3,6-8,12H,4-5,9,13H2. The fraction of sp³-hybridized carbons (Fsp3) is 0.333. The van der Waals surface area contributed by atoms with Crippen LogP contribution < -0.4 is 5.73 Å². The molecular formula is C12H15N. The van der Waals surface area contributed by atoms with Crippen molar-refractivity contribution in [2.75, 3.05) is 0 Å². The van der Waals surface area contributed by atoms with Crippen molar-refractivity contribution in [1.82, 2.24) is 0 Å². The molecule has 1 unspecified atom stereocenters. The average molecular weight is 173 g/mol. The van der Waals surface area contributed by atoms with Gasteiger partial charge < -0.3 is 5.73 Å². The minimum absolute atomic E-state index is 0.128. The first-order valence-corrected chi connectivity index (χ1v) is 4.87. The average Bonchev–Trinajstić information content (AvgIpc) is 2.71. The summed E-state index contributed by atoms with van der Waals surface area (Å²) < 4.78 is 0. The van der Waals surface area contributed by atoms with E-state index in [1.54, 1.807) is 0 Å². The predicted molar refractivity (Wildman–Crippen MR) is 55.3 cm³/mol. The first-order chi connectivity index (χ1) is 6.38. The second-order valence-electron chi connectivity index (χ2n) is 3.56. The lowest BCUT2D eigenvalue weighted by Crippen LogP contribution is -2.11. The molecule has 0 saturated heterocycles. The third-order valence-electron chi connectivity index (χ3n) is 2.63. The van der Waals surface area contributed by atoms with Gasteiger partial charge >= 0.3 is 0 Å². The zero-order valence-corrected chi connectivity index (χ0v) is 7.74. The Hall–Kier alpha value is -1.08. The first kappa shape index (κ1) is 8.52. The van der Waals surface area contributed by atoms with Gasteiger partial charge in [-0.1, -0.05) is 42.0 Å². The van der Waals surface area contributed by atoms with Gasteiger partial charge in [-0.05, 0) is 24.8 Å². The van der Waals surface area contributed by atoms with Gasteiger partial charge in [0, 0.05) is 0 Å². The smallest absolute Gasteiger partial charge is 0.0510 e. The third kappa shape index (κ3) is 1.81. The maximum absolute atomic E-state index is 6.13. The predicted octanol–water partition coefficient (Wildman–Crippen LogP) is 2.80. The second-order valence-corrected chi connectivity index (χ2v) is 3.56. The van der Waals surface area contributed by atoms with Gasteiger partial charge in [-0.3, -0.25) is 0 Å². The Bertz CT molecular complexity index is 300. The van der Waals surface area contributed by atoms with E-state index in [2.05, 4.69) is 18.2 Å². The lowest BCUT2D eigenvalue weighted by molar-refractivity contribution is 0.785. The molecule has 0 aliphatic heterocycles. The van der Waals surface area contributed by atoms with Crippen molar-refractivity contribution in [1.29, 1.82) is 0 Å². The van der Waals surface area contributed by atoms with Gasteiger partial charge in [-0.2, -0.15) is 0 Å². The molecule has 0 fully saturated rings. The molecule has 0 aromatic heterocycles. The fourth-order valence-electron chi connectivity index (χ4n) is 1.85. The monoisotopic (exact) mass is 173 g/mol. The van der Waals surface area contributed by atoms with E-state index in [0.29, 0.717) is 0 Å². The Morgan fingerprint density at radius 1 is 1.15 bits per heavy atom. The van der Waals surface area contributed by atoms with Crippen molar-refractivity contribution in [3.8, 4) is 0 Å². The quantitative estimate of drug-likeness (QED) is 0.684. The minimum Gasteiger partial charge on any atom is -0.321 e. The number of nitrogens with two attached hydrogens (primary N) is 1. The van der Waals surface area contributed by atoms with Crippen LogP contribution in [-0.4, -0.2) is 0 Å². The Labute approximate surface area is 79.3 Å². The largest absolute Gasteiger partial charge is 0.321 e. The molecule has 0 saturated carbocycles. The molecule has 1 aromatic rings. The highest BCUT2D eigenvalue weighted by molar-refractivity contribution is 5.28.